The van der Waals surface area contributed by atoms with Crippen LogP contribution < -0.4 is 15.2 Å². The monoisotopic (exact) mass is 294 g/mol. The minimum absolute atomic E-state index is 0.0437. The van der Waals surface area contributed by atoms with Crippen LogP contribution in [0.4, 0.5) is 18.9 Å². The second kappa shape index (κ2) is 5.95. The van der Waals surface area contributed by atoms with E-state index >= 15 is 0 Å². The zero-order valence-electron chi connectivity index (χ0n) is 10.7. The Bertz CT molecular complexity index is 505. The molecule has 6 nitrogen and oxygen atoms in total. The van der Waals surface area contributed by atoms with Gasteiger partial charge in [-0.1, -0.05) is 0 Å². The predicted molar refractivity (Wildman–Crippen MR) is 63.8 cm³/mol. The van der Waals surface area contributed by atoms with E-state index < -0.39 is 29.2 Å². The smallest absolute Gasteiger partial charge is 0.390 e. The Morgan fingerprint density at radius 2 is 1.80 bits per heavy atom. The van der Waals surface area contributed by atoms with E-state index in [1.54, 1.807) is 0 Å². The molecule has 112 valence electrons. The second-order valence-corrected chi connectivity index (χ2v) is 3.95. The molecule has 0 heterocycles. The van der Waals surface area contributed by atoms with Crippen LogP contribution >= 0.6 is 0 Å². The fourth-order valence-corrected chi connectivity index (χ4v) is 1.70. The summed E-state index contributed by atoms with van der Waals surface area (Å²) in [6.45, 7) is 0. The number of nitro groups is 1. The molecule has 1 atom stereocenters. The summed E-state index contributed by atoms with van der Waals surface area (Å²) in [5, 5.41) is 10.9. The van der Waals surface area contributed by atoms with Crippen molar-refractivity contribution in [2.75, 3.05) is 14.2 Å². The third-order valence-electron chi connectivity index (χ3n) is 2.58. The average Bonchev–Trinajstić information content (AvgIpc) is 2.34. The van der Waals surface area contributed by atoms with Crippen LogP contribution in [0, 0.1) is 10.1 Å². The van der Waals surface area contributed by atoms with Crippen molar-refractivity contribution in [3.63, 3.8) is 0 Å². The number of methoxy groups -OCH3 is 2. The Hall–Kier alpha value is -2.03. The van der Waals surface area contributed by atoms with Gasteiger partial charge in [0.2, 0.25) is 0 Å². The molecule has 0 unspecified atom stereocenters. The molecular formula is C11H13F3N2O4. The van der Waals surface area contributed by atoms with Gasteiger partial charge in [-0.3, -0.25) is 10.1 Å². The molecule has 0 spiro atoms. The van der Waals surface area contributed by atoms with Gasteiger partial charge in [0.1, 0.15) is 0 Å². The number of ether oxygens (including phenoxy) is 2. The average molecular weight is 294 g/mol. The highest BCUT2D eigenvalue weighted by molar-refractivity contribution is 5.55. The van der Waals surface area contributed by atoms with E-state index in [4.69, 9.17) is 15.2 Å². The summed E-state index contributed by atoms with van der Waals surface area (Å²) in [5.41, 5.74) is 4.61. The maximum Gasteiger partial charge on any atom is 0.390 e. The third kappa shape index (κ3) is 3.73. The largest absolute Gasteiger partial charge is 0.493 e. The molecule has 1 aromatic rings. The van der Waals surface area contributed by atoms with Gasteiger partial charge in [-0.15, -0.1) is 0 Å². The molecule has 0 aliphatic heterocycles. The van der Waals surface area contributed by atoms with Gasteiger partial charge in [-0.05, 0) is 6.07 Å². The highest BCUT2D eigenvalue weighted by atomic mass is 19.4. The summed E-state index contributed by atoms with van der Waals surface area (Å²) in [6.07, 6.45) is -5.90. The molecule has 20 heavy (non-hydrogen) atoms. The first-order valence-electron chi connectivity index (χ1n) is 5.42. The minimum Gasteiger partial charge on any atom is -0.493 e. The van der Waals surface area contributed by atoms with Crippen molar-refractivity contribution in [2.45, 2.75) is 18.6 Å². The van der Waals surface area contributed by atoms with E-state index in [0.29, 0.717) is 0 Å². The molecule has 0 radical (unpaired) electrons. The zero-order chi connectivity index (χ0) is 15.5. The van der Waals surface area contributed by atoms with E-state index in [2.05, 4.69) is 0 Å². The van der Waals surface area contributed by atoms with Gasteiger partial charge in [-0.25, -0.2) is 0 Å². The third-order valence-corrected chi connectivity index (χ3v) is 2.58. The quantitative estimate of drug-likeness (QED) is 0.666. The molecule has 0 bridgehead atoms. The Balaban J connectivity index is 3.32. The fourth-order valence-electron chi connectivity index (χ4n) is 1.70. The number of benzene rings is 1. The molecule has 0 aliphatic rings. The molecule has 0 aliphatic carbocycles. The summed E-state index contributed by atoms with van der Waals surface area (Å²) in [6, 6.07) is 0.521. The lowest BCUT2D eigenvalue weighted by Gasteiger charge is -2.16. The van der Waals surface area contributed by atoms with Crippen LogP contribution in [0.3, 0.4) is 0 Å². The zero-order valence-corrected chi connectivity index (χ0v) is 10.7. The Kier molecular flexibility index (Phi) is 4.77. The van der Waals surface area contributed by atoms with Crippen LogP contribution in [0.15, 0.2) is 12.1 Å². The molecule has 0 aromatic heterocycles. The van der Waals surface area contributed by atoms with E-state index in [1.165, 1.54) is 14.2 Å². The van der Waals surface area contributed by atoms with Gasteiger partial charge in [0.25, 0.3) is 5.69 Å². The van der Waals surface area contributed by atoms with Crippen molar-refractivity contribution < 1.29 is 27.6 Å². The van der Waals surface area contributed by atoms with Gasteiger partial charge >= 0.3 is 6.18 Å². The van der Waals surface area contributed by atoms with Crippen molar-refractivity contribution in [1.82, 2.24) is 0 Å². The summed E-state index contributed by atoms with van der Waals surface area (Å²) >= 11 is 0. The fraction of sp³-hybridized carbons (Fsp3) is 0.455. The number of nitrogens with two attached hydrogens (primary N) is 1. The number of nitro benzene ring substituents is 1. The number of alkyl halides is 3. The number of hydrogen-bond donors (Lipinski definition) is 1. The Morgan fingerprint density at radius 1 is 1.30 bits per heavy atom. The number of nitrogens with zero attached hydrogens (tertiary/aromatic N) is 1. The molecular weight excluding hydrogens is 281 g/mol. The number of hydrogen-bond acceptors (Lipinski definition) is 5. The van der Waals surface area contributed by atoms with E-state index in [9.17, 15) is 23.3 Å². The molecule has 2 N–H and O–H groups in total. The standard InChI is InChI=1S/C11H13F3N2O4/c1-19-9-3-6(7(15)5-11(12,13)14)8(16(17)18)4-10(9)20-2/h3-4,7H,5,15H2,1-2H3/t7-/m0/s1. The minimum atomic E-state index is -4.53. The molecule has 0 saturated heterocycles. The summed E-state index contributed by atoms with van der Waals surface area (Å²) in [5.74, 6) is 0.118. The van der Waals surface area contributed by atoms with Gasteiger partial charge < -0.3 is 15.2 Å². The number of rotatable bonds is 5. The van der Waals surface area contributed by atoms with Crippen LogP contribution in [0.25, 0.3) is 0 Å². The molecule has 0 saturated carbocycles. The van der Waals surface area contributed by atoms with E-state index in [1.807, 2.05) is 0 Å². The Morgan fingerprint density at radius 3 is 2.20 bits per heavy atom. The first-order valence-corrected chi connectivity index (χ1v) is 5.42. The highest BCUT2D eigenvalue weighted by Crippen LogP contribution is 2.39. The Labute approximate surface area is 112 Å². The summed E-state index contributed by atoms with van der Waals surface area (Å²) in [7, 11) is 2.53. The number of halogens is 3. The maximum atomic E-state index is 12.3. The van der Waals surface area contributed by atoms with Crippen molar-refractivity contribution >= 4 is 5.69 Å². The predicted octanol–water partition coefficient (Wildman–Crippen LogP) is 2.56. The maximum absolute atomic E-state index is 12.3. The topological polar surface area (TPSA) is 87.6 Å². The van der Waals surface area contributed by atoms with Crippen molar-refractivity contribution in [3.8, 4) is 11.5 Å². The first-order chi connectivity index (χ1) is 9.19. The SMILES string of the molecule is COc1cc([C@@H](N)CC(F)(F)F)c([N+](=O)[O-])cc1OC. The van der Waals surface area contributed by atoms with Crippen LogP contribution in [0.5, 0.6) is 11.5 Å². The molecule has 1 rings (SSSR count). The lowest BCUT2D eigenvalue weighted by Crippen LogP contribution is -2.21. The van der Waals surface area contributed by atoms with Gasteiger partial charge in [0.15, 0.2) is 11.5 Å². The molecule has 0 fully saturated rings. The van der Waals surface area contributed by atoms with Crippen molar-refractivity contribution in [1.29, 1.82) is 0 Å². The van der Waals surface area contributed by atoms with Crippen LogP contribution in [-0.2, 0) is 0 Å². The van der Waals surface area contributed by atoms with Gasteiger partial charge in [0, 0.05) is 6.04 Å². The van der Waals surface area contributed by atoms with Crippen LogP contribution in [-0.4, -0.2) is 25.3 Å². The lowest BCUT2D eigenvalue weighted by molar-refractivity contribution is -0.385. The molecule has 9 heteroatoms. The molecule has 0 amide bonds. The van der Waals surface area contributed by atoms with E-state index in [-0.39, 0.29) is 17.1 Å². The van der Waals surface area contributed by atoms with Crippen LogP contribution in [0.2, 0.25) is 0 Å². The van der Waals surface area contributed by atoms with Crippen LogP contribution in [0.1, 0.15) is 18.0 Å². The summed E-state index contributed by atoms with van der Waals surface area (Å²) < 4.78 is 46.8. The van der Waals surface area contributed by atoms with Crippen molar-refractivity contribution in [3.05, 3.63) is 27.8 Å². The lowest BCUT2D eigenvalue weighted by atomic mass is 10.0. The molecule has 1 aromatic carbocycles. The van der Waals surface area contributed by atoms with Crippen molar-refractivity contribution in [2.24, 2.45) is 5.73 Å². The van der Waals surface area contributed by atoms with Gasteiger partial charge in [-0.2, -0.15) is 13.2 Å². The van der Waals surface area contributed by atoms with E-state index in [0.717, 1.165) is 12.1 Å². The first kappa shape index (κ1) is 16.0. The normalized spacial score (nSPS) is 12.9. The highest BCUT2D eigenvalue weighted by Gasteiger charge is 2.34. The van der Waals surface area contributed by atoms with Gasteiger partial charge in [0.05, 0.1) is 37.2 Å². The second-order valence-electron chi connectivity index (χ2n) is 3.95. The summed E-state index contributed by atoms with van der Waals surface area (Å²) in [4.78, 5) is 10.1.